The van der Waals surface area contributed by atoms with E-state index in [-0.39, 0.29) is 12.3 Å². The summed E-state index contributed by atoms with van der Waals surface area (Å²) >= 11 is 6.32. The lowest BCUT2D eigenvalue weighted by Crippen LogP contribution is -2.21. The predicted octanol–water partition coefficient (Wildman–Crippen LogP) is 5.89. The first-order valence-electron chi connectivity index (χ1n) is 12.7. The maximum Gasteiger partial charge on any atom is 0.490 e. The fraction of sp³-hybridized carbons (Fsp3) is 0.185. The van der Waals surface area contributed by atoms with Gasteiger partial charge in [-0.1, -0.05) is 23.7 Å². The number of aryl methyl sites for hydroxylation is 2. The van der Waals surface area contributed by atoms with Gasteiger partial charge in [-0.3, -0.25) is 4.79 Å². The molecule has 2 aromatic carbocycles. The SMILES string of the molecule is O=C(Cc1cnc[nH]1)Nc1ccc2cc1CCc1cccc(c1)Nc1ncc(Cl)c(n1)N2.O=C(O)C(F)(F)F.O=C(O)C(F)(F)F. The Kier molecular flexibility index (Phi) is 11.5. The van der Waals surface area contributed by atoms with E-state index in [1.54, 1.807) is 18.7 Å². The van der Waals surface area contributed by atoms with Crippen molar-refractivity contribution in [1.29, 1.82) is 0 Å². The van der Waals surface area contributed by atoms with E-state index in [1.807, 2.05) is 30.3 Å². The van der Waals surface area contributed by atoms with Gasteiger partial charge in [-0.05, 0) is 54.3 Å². The first kappa shape index (κ1) is 35.1. The molecule has 0 spiro atoms. The molecule has 1 amide bonds. The van der Waals surface area contributed by atoms with Crippen molar-refractivity contribution in [3.63, 3.8) is 0 Å². The molecule has 4 aromatic rings. The molecule has 12 nitrogen and oxygen atoms in total. The lowest BCUT2D eigenvalue weighted by molar-refractivity contribution is -0.193. The van der Waals surface area contributed by atoms with Crippen LogP contribution in [0.1, 0.15) is 16.8 Å². The highest BCUT2D eigenvalue weighted by molar-refractivity contribution is 6.32. The van der Waals surface area contributed by atoms with Crippen LogP contribution in [0.4, 0.5) is 55.2 Å². The summed E-state index contributed by atoms with van der Waals surface area (Å²) in [6.45, 7) is 0. The molecule has 0 saturated heterocycles. The highest BCUT2D eigenvalue weighted by Gasteiger charge is 2.38. The van der Waals surface area contributed by atoms with Crippen molar-refractivity contribution >= 4 is 58.3 Å². The molecule has 244 valence electrons. The zero-order chi connectivity index (χ0) is 34.1. The van der Waals surface area contributed by atoms with Crippen molar-refractivity contribution in [2.45, 2.75) is 31.6 Å². The molecule has 0 atom stereocenters. The topological polar surface area (TPSA) is 182 Å². The van der Waals surface area contributed by atoms with Gasteiger partial charge < -0.3 is 31.1 Å². The number of aromatic nitrogens is 4. The van der Waals surface area contributed by atoms with Gasteiger partial charge in [0.2, 0.25) is 11.9 Å². The Labute approximate surface area is 259 Å². The number of aliphatic carboxylic acids is 2. The van der Waals surface area contributed by atoms with Crippen LogP contribution in [-0.4, -0.2) is 60.3 Å². The van der Waals surface area contributed by atoms with Crippen LogP contribution >= 0.6 is 11.6 Å². The van der Waals surface area contributed by atoms with Gasteiger partial charge in [0.15, 0.2) is 5.82 Å². The molecular formula is C27H22ClF6N7O5. The first-order valence-corrected chi connectivity index (χ1v) is 13.0. The Hall–Kier alpha value is -5.39. The van der Waals surface area contributed by atoms with Crippen molar-refractivity contribution in [2.24, 2.45) is 0 Å². The number of halogens is 7. The minimum atomic E-state index is -5.08. The van der Waals surface area contributed by atoms with Crippen LogP contribution in [0.3, 0.4) is 0 Å². The summed E-state index contributed by atoms with van der Waals surface area (Å²) in [7, 11) is 0. The van der Waals surface area contributed by atoms with Gasteiger partial charge in [0.05, 0.1) is 18.9 Å². The minimum absolute atomic E-state index is 0.108. The fourth-order valence-electron chi connectivity index (χ4n) is 3.61. The number of hydrogen-bond acceptors (Lipinski definition) is 8. The molecule has 2 aromatic heterocycles. The number of carboxylic acid groups (broad SMARTS) is 2. The van der Waals surface area contributed by atoms with Crippen molar-refractivity contribution in [3.8, 4) is 0 Å². The lowest BCUT2D eigenvalue weighted by Gasteiger charge is -2.14. The van der Waals surface area contributed by atoms with Crippen LogP contribution < -0.4 is 16.0 Å². The van der Waals surface area contributed by atoms with Crippen LogP contribution in [0.2, 0.25) is 5.02 Å². The van der Waals surface area contributed by atoms with Crippen LogP contribution in [0.15, 0.2) is 61.2 Å². The molecule has 6 bridgehead atoms. The Morgan fingerprint density at radius 3 is 2.15 bits per heavy atom. The third kappa shape index (κ3) is 11.0. The van der Waals surface area contributed by atoms with E-state index < -0.39 is 24.3 Å². The number of alkyl halides is 6. The summed E-state index contributed by atoms with van der Waals surface area (Å²) < 4.78 is 63.5. The molecule has 3 heterocycles. The Morgan fingerprint density at radius 2 is 1.54 bits per heavy atom. The van der Waals surface area contributed by atoms with Gasteiger partial charge >= 0.3 is 24.3 Å². The number of H-pyrrole nitrogens is 1. The molecule has 6 N–H and O–H groups in total. The van der Waals surface area contributed by atoms with Crippen LogP contribution in [0.5, 0.6) is 0 Å². The number of anilines is 5. The minimum Gasteiger partial charge on any atom is -0.475 e. The number of fused-ring (bicyclic) bond motifs is 6. The average molecular weight is 674 g/mol. The van der Waals surface area contributed by atoms with Crippen LogP contribution in [0, 0.1) is 0 Å². The van der Waals surface area contributed by atoms with Crippen molar-refractivity contribution in [2.75, 3.05) is 16.0 Å². The number of amides is 1. The number of nitrogens with zero attached hydrogens (tertiary/aromatic N) is 3. The molecule has 0 aliphatic carbocycles. The highest BCUT2D eigenvalue weighted by atomic mass is 35.5. The zero-order valence-corrected chi connectivity index (χ0v) is 23.8. The third-order valence-corrected chi connectivity index (χ3v) is 5.92. The van der Waals surface area contributed by atoms with E-state index in [9.17, 15) is 31.1 Å². The largest absolute Gasteiger partial charge is 0.490 e. The molecule has 5 rings (SSSR count). The summed E-state index contributed by atoms with van der Waals surface area (Å²) in [4.78, 5) is 46.1. The first-order chi connectivity index (χ1) is 21.5. The molecule has 46 heavy (non-hydrogen) atoms. The zero-order valence-electron chi connectivity index (χ0n) is 23.0. The lowest BCUT2D eigenvalue weighted by atomic mass is 10.0. The molecule has 1 aliphatic heterocycles. The van der Waals surface area contributed by atoms with E-state index in [0.29, 0.717) is 16.8 Å². The molecule has 0 saturated carbocycles. The van der Waals surface area contributed by atoms with Gasteiger partial charge in [-0.2, -0.15) is 31.3 Å². The van der Waals surface area contributed by atoms with Crippen molar-refractivity contribution < 1.29 is 50.9 Å². The maximum atomic E-state index is 12.6. The van der Waals surface area contributed by atoms with Gasteiger partial charge in [0.25, 0.3) is 0 Å². The van der Waals surface area contributed by atoms with E-state index in [4.69, 9.17) is 31.4 Å². The number of carbonyl (C=O) groups excluding carboxylic acids is 1. The number of nitrogens with one attached hydrogen (secondary N) is 4. The van der Waals surface area contributed by atoms with Gasteiger partial charge in [-0.15, -0.1) is 0 Å². The second kappa shape index (κ2) is 15.1. The van der Waals surface area contributed by atoms with Gasteiger partial charge in [0.1, 0.15) is 5.02 Å². The van der Waals surface area contributed by atoms with Crippen molar-refractivity contribution in [3.05, 3.63) is 83.0 Å². The third-order valence-electron chi connectivity index (χ3n) is 5.64. The molecule has 19 heteroatoms. The Morgan fingerprint density at radius 1 is 0.891 bits per heavy atom. The van der Waals surface area contributed by atoms with E-state index >= 15 is 0 Å². The van der Waals surface area contributed by atoms with E-state index in [1.165, 1.54) is 0 Å². The van der Waals surface area contributed by atoms with Gasteiger partial charge in [0, 0.05) is 29.0 Å². The normalized spacial score (nSPS) is 12.1. The van der Waals surface area contributed by atoms with Gasteiger partial charge in [-0.25, -0.2) is 19.6 Å². The summed E-state index contributed by atoms with van der Waals surface area (Å²) in [5.74, 6) is -4.67. The summed E-state index contributed by atoms with van der Waals surface area (Å²) in [5.41, 5.74) is 5.43. The Bertz CT molecular complexity index is 1660. The Balaban J connectivity index is 0.000000345. The fourth-order valence-corrected chi connectivity index (χ4v) is 3.75. The molecule has 0 radical (unpaired) electrons. The number of aromatic amines is 1. The smallest absolute Gasteiger partial charge is 0.475 e. The molecule has 1 aliphatic rings. The average Bonchev–Trinajstić information content (AvgIpc) is 3.47. The predicted molar refractivity (Wildman–Crippen MR) is 152 cm³/mol. The summed E-state index contributed by atoms with van der Waals surface area (Å²) in [6.07, 6.45) is -3.61. The van der Waals surface area contributed by atoms with Crippen LogP contribution in [-0.2, 0) is 33.6 Å². The number of carbonyl (C=O) groups is 3. The highest BCUT2D eigenvalue weighted by Crippen LogP contribution is 2.29. The number of imidazole rings is 1. The quantitative estimate of drug-likeness (QED) is 0.144. The summed E-state index contributed by atoms with van der Waals surface area (Å²) in [5, 5.41) is 24.2. The second-order valence-corrected chi connectivity index (χ2v) is 9.53. The summed E-state index contributed by atoms with van der Waals surface area (Å²) in [6, 6.07) is 13.9. The number of carboxylic acids is 2. The molecule has 0 fully saturated rings. The standard InChI is InChI=1S/C23H20ClN7O.2C2HF3O2/c24-19-12-26-23-29-16-3-1-2-14(8-16)4-5-15-9-17(28-22(19)31-23)6-7-20(15)30-21(32)10-18-11-25-13-27-18;2*3-2(4,5)1(6)7/h1-3,6-9,11-13H,4-5,10H2,(H,25,27)(H,30,32)(H2,26,28,29,31);2*(H,6,7). The monoisotopic (exact) mass is 673 g/mol. The van der Waals surface area contributed by atoms with Crippen LogP contribution in [0.25, 0.3) is 0 Å². The van der Waals surface area contributed by atoms with Crippen molar-refractivity contribution in [1.82, 2.24) is 19.9 Å². The molecular weight excluding hydrogens is 652 g/mol. The number of hydrogen-bond donors (Lipinski definition) is 6. The van der Waals surface area contributed by atoms with E-state index in [2.05, 4.69) is 48.0 Å². The number of benzene rings is 2. The molecule has 0 unspecified atom stereocenters. The number of rotatable bonds is 3. The second-order valence-electron chi connectivity index (χ2n) is 9.12. The van der Waals surface area contributed by atoms with E-state index in [0.717, 1.165) is 46.7 Å². The maximum absolute atomic E-state index is 12.6.